The molecule has 156 valence electrons. The number of rotatable bonds is 5. The predicted molar refractivity (Wildman–Crippen MR) is 112 cm³/mol. The summed E-state index contributed by atoms with van der Waals surface area (Å²) in [5.74, 6) is -0.160. The number of hydrogen-bond donors (Lipinski definition) is 0. The van der Waals surface area contributed by atoms with Gasteiger partial charge in [-0.15, -0.1) is 6.58 Å². The molecule has 2 fully saturated rings. The van der Waals surface area contributed by atoms with E-state index in [2.05, 4.69) is 23.7 Å². The molecule has 2 amide bonds. The van der Waals surface area contributed by atoms with Crippen LogP contribution in [0.3, 0.4) is 0 Å². The molecule has 3 heterocycles. The summed E-state index contributed by atoms with van der Waals surface area (Å²) in [5.41, 5.74) is 1.44. The van der Waals surface area contributed by atoms with Crippen LogP contribution < -0.4 is 0 Å². The second kappa shape index (κ2) is 8.38. The van der Waals surface area contributed by atoms with Crippen molar-refractivity contribution in [2.24, 2.45) is 0 Å². The Morgan fingerprint density at radius 2 is 1.93 bits per heavy atom. The lowest BCUT2D eigenvalue weighted by Crippen LogP contribution is -2.56. The van der Waals surface area contributed by atoms with Gasteiger partial charge in [0.2, 0.25) is 11.8 Å². The van der Waals surface area contributed by atoms with Crippen LogP contribution >= 0.6 is 0 Å². The Labute approximate surface area is 176 Å². The van der Waals surface area contributed by atoms with Crippen LogP contribution in [0.2, 0.25) is 0 Å². The molecular formula is C24H26FN3O2. The molecule has 1 aromatic heterocycles. The zero-order valence-corrected chi connectivity index (χ0v) is 17.0. The van der Waals surface area contributed by atoms with Crippen LogP contribution in [-0.4, -0.2) is 51.8 Å². The van der Waals surface area contributed by atoms with Gasteiger partial charge in [-0.05, 0) is 30.5 Å². The van der Waals surface area contributed by atoms with Crippen LogP contribution in [0.5, 0.6) is 0 Å². The van der Waals surface area contributed by atoms with Gasteiger partial charge in [-0.25, -0.2) is 4.39 Å². The maximum absolute atomic E-state index is 13.1. The summed E-state index contributed by atoms with van der Waals surface area (Å²) in [7, 11) is 0. The molecule has 0 bridgehead atoms. The van der Waals surface area contributed by atoms with Crippen molar-refractivity contribution in [1.29, 1.82) is 0 Å². The Balaban J connectivity index is 1.51. The molecule has 1 spiro atoms. The van der Waals surface area contributed by atoms with Crippen LogP contribution in [0, 0.1) is 5.82 Å². The first kappa shape index (κ1) is 20.3. The molecule has 0 radical (unpaired) electrons. The third-order valence-corrected chi connectivity index (χ3v) is 6.48. The van der Waals surface area contributed by atoms with E-state index in [1.165, 1.54) is 11.6 Å². The molecule has 0 unspecified atom stereocenters. The zero-order valence-electron chi connectivity index (χ0n) is 17.0. The van der Waals surface area contributed by atoms with Gasteiger partial charge in [0.1, 0.15) is 5.82 Å². The summed E-state index contributed by atoms with van der Waals surface area (Å²) in [6, 6.07) is 13.1. The fourth-order valence-corrected chi connectivity index (χ4v) is 4.98. The van der Waals surface area contributed by atoms with E-state index in [1.807, 2.05) is 28.0 Å². The third kappa shape index (κ3) is 3.74. The Bertz CT molecular complexity index is 921. The molecule has 2 aliphatic heterocycles. The first-order chi connectivity index (χ1) is 14.5. The number of hydrogen-bond acceptors (Lipinski definition) is 3. The Morgan fingerprint density at radius 1 is 1.20 bits per heavy atom. The van der Waals surface area contributed by atoms with Crippen molar-refractivity contribution in [3.8, 4) is 0 Å². The molecule has 4 rings (SSSR count). The largest absolute Gasteiger partial charge is 0.342 e. The van der Waals surface area contributed by atoms with Crippen molar-refractivity contribution in [2.45, 2.75) is 37.1 Å². The van der Waals surface area contributed by atoms with Gasteiger partial charge in [-0.1, -0.05) is 36.4 Å². The molecule has 1 aromatic carbocycles. The van der Waals surface area contributed by atoms with E-state index in [-0.39, 0.29) is 29.7 Å². The van der Waals surface area contributed by atoms with Gasteiger partial charge >= 0.3 is 0 Å². The summed E-state index contributed by atoms with van der Waals surface area (Å²) in [5, 5.41) is 0. The van der Waals surface area contributed by atoms with Crippen LogP contribution in [0.4, 0.5) is 4.39 Å². The maximum Gasteiger partial charge on any atom is 0.228 e. The van der Waals surface area contributed by atoms with Crippen molar-refractivity contribution in [2.75, 3.05) is 19.6 Å². The molecule has 2 aliphatic rings. The Kier molecular flexibility index (Phi) is 5.66. The summed E-state index contributed by atoms with van der Waals surface area (Å²) >= 11 is 0. The summed E-state index contributed by atoms with van der Waals surface area (Å²) < 4.78 is 13.1. The second-order valence-corrected chi connectivity index (χ2v) is 8.09. The molecule has 1 atom stereocenters. The number of aromatic nitrogens is 1. The van der Waals surface area contributed by atoms with Gasteiger partial charge in [-0.2, -0.15) is 0 Å². The molecule has 5 nitrogen and oxygen atoms in total. The Hall–Kier alpha value is -3.02. The van der Waals surface area contributed by atoms with Gasteiger partial charge in [0.25, 0.3) is 0 Å². The minimum Gasteiger partial charge on any atom is -0.342 e. The number of carbonyl (C=O) groups excluding carboxylic acids is 2. The molecule has 2 aromatic rings. The first-order valence-corrected chi connectivity index (χ1v) is 10.4. The van der Waals surface area contributed by atoms with E-state index >= 15 is 0 Å². The van der Waals surface area contributed by atoms with Crippen molar-refractivity contribution in [1.82, 2.24) is 14.8 Å². The fraction of sp³-hybridized carbons (Fsp3) is 0.375. The number of halogens is 1. The molecule has 0 N–H and O–H groups in total. The number of likely N-dealkylation sites (tertiary alicyclic amines) is 2. The number of benzene rings is 1. The van der Waals surface area contributed by atoms with E-state index in [1.54, 1.807) is 12.1 Å². The molecule has 30 heavy (non-hydrogen) atoms. The summed E-state index contributed by atoms with van der Waals surface area (Å²) in [6.07, 6.45) is 5.03. The minimum absolute atomic E-state index is 0.0141. The monoisotopic (exact) mass is 407 g/mol. The minimum atomic E-state index is -0.411. The number of nitrogens with zero attached hydrogens (tertiary/aromatic N) is 3. The summed E-state index contributed by atoms with van der Waals surface area (Å²) in [6.45, 7) is 5.54. The van der Waals surface area contributed by atoms with Crippen LogP contribution in [0.25, 0.3) is 0 Å². The molecule has 0 aliphatic carbocycles. The lowest BCUT2D eigenvalue weighted by molar-refractivity contribution is -0.135. The van der Waals surface area contributed by atoms with Crippen LogP contribution in [0.1, 0.15) is 36.4 Å². The van der Waals surface area contributed by atoms with Gasteiger partial charge in [-0.3, -0.25) is 14.6 Å². The zero-order chi connectivity index (χ0) is 21.1. The normalized spacial score (nSPS) is 20.6. The smallest absolute Gasteiger partial charge is 0.228 e. The standard InChI is InChI=1S/C24H26FN3O2/c1-2-12-28-23(30)16-21(18-6-4-3-5-7-18)24(28)10-13-27(14-11-24)22(29)15-20-9-8-19(25)17-26-20/h2-9,17,21H,1,10-16H2/t21-/m1/s1. The van der Waals surface area contributed by atoms with Crippen molar-refractivity contribution < 1.29 is 14.0 Å². The second-order valence-electron chi connectivity index (χ2n) is 8.09. The molecule has 6 heteroatoms. The average molecular weight is 407 g/mol. The molecular weight excluding hydrogens is 381 g/mol. The highest BCUT2D eigenvalue weighted by molar-refractivity contribution is 5.82. The third-order valence-electron chi connectivity index (χ3n) is 6.48. The van der Waals surface area contributed by atoms with E-state index in [0.717, 1.165) is 19.0 Å². The number of pyridine rings is 1. The van der Waals surface area contributed by atoms with Gasteiger partial charge < -0.3 is 9.80 Å². The quantitative estimate of drug-likeness (QED) is 0.715. The van der Waals surface area contributed by atoms with Crippen molar-refractivity contribution in [3.63, 3.8) is 0 Å². The maximum atomic E-state index is 13.1. The van der Waals surface area contributed by atoms with Gasteiger partial charge in [0.15, 0.2) is 0 Å². The van der Waals surface area contributed by atoms with E-state index < -0.39 is 5.82 Å². The van der Waals surface area contributed by atoms with Crippen molar-refractivity contribution in [3.05, 3.63) is 78.4 Å². The number of amides is 2. The lowest BCUT2D eigenvalue weighted by Gasteiger charge is -2.48. The van der Waals surface area contributed by atoms with Crippen LogP contribution in [0.15, 0.2) is 61.3 Å². The Morgan fingerprint density at radius 3 is 2.57 bits per heavy atom. The van der Waals surface area contributed by atoms with E-state index in [4.69, 9.17) is 0 Å². The van der Waals surface area contributed by atoms with Gasteiger partial charge in [0.05, 0.1) is 18.2 Å². The van der Waals surface area contributed by atoms with E-state index in [9.17, 15) is 14.0 Å². The topological polar surface area (TPSA) is 53.5 Å². The lowest BCUT2D eigenvalue weighted by atomic mass is 9.73. The van der Waals surface area contributed by atoms with Gasteiger partial charge in [0, 0.05) is 37.7 Å². The van der Waals surface area contributed by atoms with E-state index in [0.29, 0.717) is 31.7 Å². The molecule has 0 saturated carbocycles. The van der Waals surface area contributed by atoms with Crippen molar-refractivity contribution >= 4 is 11.8 Å². The van der Waals surface area contributed by atoms with Crippen LogP contribution in [-0.2, 0) is 16.0 Å². The number of carbonyl (C=O) groups is 2. The first-order valence-electron chi connectivity index (χ1n) is 10.4. The highest BCUT2D eigenvalue weighted by atomic mass is 19.1. The highest BCUT2D eigenvalue weighted by Crippen LogP contribution is 2.48. The fourth-order valence-electron chi connectivity index (χ4n) is 4.98. The predicted octanol–water partition coefficient (Wildman–Crippen LogP) is 3.33. The summed E-state index contributed by atoms with van der Waals surface area (Å²) in [4.78, 5) is 33.4. The number of piperidine rings is 1. The SMILES string of the molecule is C=CCN1C(=O)C[C@H](c2ccccc2)C12CCN(C(=O)Cc1ccc(F)cn1)CC2. The highest BCUT2D eigenvalue weighted by Gasteiger charge is 2.53. The molecule has 2 saturated heterocycles. The average Bonchev–Trinajstić information content (AvgIpc) is 3.03.